The number of nitrogens with zero attached hydrogens (tertiary/aromatic N) is 1. The van der Waals surface area contributed by atoms with Crippen LogP contribution in [0.1, 0.15) is 35.3 Å². The second kappa shape index (κ2) is 5.85. The Labute approximate surface area is 126 Å². The zero-order valence-corrected chi connectivity index (χ0v) is 12.4. The smallest absolute Gasteiger partial charge is 0.351 e. The van der Waals surface area contributed by atoms with Crippen molar-refractivity contribution in [1.29, 1.82) is 0 Å². The third-order valence-corrected chi connectivity index (χ3v) is 3.13. The Balaban J connectivity index is 2.61. The highest BCUT2D eigenvalue weighted by Gasteiger charge is 2.23. The maximum absolute atomic E-state index is 11.8. The highest BCUT2D eigenvalue weighted by atomic mass is 16.5. The Bertz CT molecular complexity index is 816. The largest absolute Gasteiger partial charge is 0.506 e. The molecule has 22 heavy (non-hydrogen) atoms. The summed E-state index contributed by atoms with van der Waals surface area (Å²) in [4.78, 5) is 27.5. The Morgan fingerprint density at radius 1 is 1.09 bits per heavy atom. The first-order valence-electron chi connectivity index (χ1n) is 6.53. The average molecular weight is 301 g/mol. The summed E-state index contributed by atoms with van der Waals surface area (Å²) < 4.78 is 4.60. The molecule has 1 aromatic heterocycles. The van der Waals surface area contributed by atoms with Crippen molar-refractivity contribution in [3.63, 3.8) is 0 Å². The molecule has 114 valence electrons. The molecule has 0 aliphatic heterocycles. The lowest BCUT2D eigenvalue weighted by atomic mass is 10.1. The number of aryl methyl sites for hydroxylation is 1. The van der Waals surface area contributed by atoms with Crippen molar-refractivity contribution in [3.8, 4) is 11.7 Å². The molecule has 2 rings (SSSR count). The summed E-state index contributed by atoms with van der Waals surface area (Å²) in [5, 5.41) is 19.6. The summed E-state index contributed by atoms with van der Waals surface area (Å²) in [7, 11) is 0. The fourth-order valence-corrected chi connectivity index (χ4v) is 2.02. The number of Topliss-reactive ketones (excluding diaryl/α,β-unsaturated/α-hetero) is 1. The molecule has 2 aromatic rings. The standard InChI is InChI=1S/C16H15NO5/c1-8-4-6-11(7-5-8)17-9(2)12-14(19)13(10(3)18)16(21)22-15(12)20/h4-7,19,21H,1-3H3. The Kier molecular flexibility index (Phi) is 4.12. The van der Waals surface area contributed by atoms with Gasteiger partial charge in [-0.2, -0.15) is 0 Å². The minimum Gasteiger partial charge on any atom is -0.506 e. The van der Waals surface area contributed by atoms with Crippen molar-refractivity contribution in [1.82, 2.24) is 0 Å². The fraction of sp³-hybridized carbons (Fsp3) is 0.188. The van der Waals surface area contributed by atoms with Crippen LogP contribution in [-0.2, 0) is 0 Å². The van der Waals surface area contributed by atoms with Crippen LogP contribution in [0.5, 0.6) is 11.7 Å². The van der Waals surface area contributed by atoms with E-state index >= 15 is 0 Å². The number of carbonyl (C=O) groups excluding carboxylic acids is 1. The molecule has 0 radical (unpaired) electrons. The quantitative estimate of drug-likeness (QED) is 0.670. The van der Waals surface area contributed by atoms with E-state index in [1.807, 2.05) is 19.1 Å². The van der Waals surface area contributed by atoms with Gasteiger partial charge in [-0.3, -0.25) is 9.79 Å². The first-order chi connectivity index (χ1) is 10.3. The third kappa shape index (κ3) is 2.90. The molecule has 0 spiro atoms. The lowest BCUT2D eigenvalue weighted by Gasteiger charge is -2.07. The number of ketones is 1. The zero-order chi connectivity index (χ0) is 16.4. The molecule has 2 N–H and O–H groups in total. The van der Waals surface area contributed by atoms with Gasteiger partial charge in [0, 0.05) is 0 Å². The van der Waals surface area contributed by atoms with Crippen molar-refractivity contribution >= 4 is 17.2 Å². The summed E-state index contributed by atoms with van der Waals surface area (Å²) in [6.07, 6.45) is 0. The number of carbonyl (C=O) groups is 1. The molecule has 1 heterocycles. The number of aliphatic imine (C=N–C) groups is 1. The molecule has 0 saturated carbocycles. The van der Waals surface area contributed by atoms with E-state index in [1.54, 1.807) is 12.1 Å². The second-order valence-corrected chi connectivity index (χ2v) is 4.88. The lowest BCUT2D eigenvalue weighted by molar-refractivity contribution is 0.100. The first kappa shape index (κ1) is 15.5. The van der Waals surface area contributed by atoms with Gasteiger partial charge in [0.25, 0.3) is 5.95 Å². The van der Waals surface area contributed by atoms with Crippen molar-refractivity contribution in [2.75, 3.05) is 0 Å². The summed E-state index contributed by atoms with van der Waals surface area (Å²) in [5.41, 5.74) is 0.171. The first-order valence-corrected chi connectivity index (χ1v) is 6.53. The van der Waals surface area contributed by atoms with Crippen LogP contribution in [0.25, 0.3) is 0 Å². The Morgan fingerprint density at radius 2 is 1.68 bits per heavy atom. The molecule has 6 nitrogen and oxygen atoms in total. The zero-order valence-electron chi connectivity index (χ0n) is 12.4. The van der Waals surface area contributed by atoms with Gasteiger partial charge in [-0.1, -0.05) is 17.7 Å². The van der Waals surface area contributed by atoms with E-state index in [0.717, 1.165) is 12.5 Å². The van der Waals surface area contributed by atoms with Crippen LogP contribution < -0.4 is 5.63 Å². The molecule has 0 atom stereocenters. The molecule has 6 heteroatoms. The summed E-state index contributed by atoms with van der Waals surface area (Å²) in [5.74, 6) is -2.15. The van der Waals surface area contributed by atoms with Gasteiger partial charge in [0.05, 0.1) is 11.4 Å². The maximum Gasteiger partial charge on any atom is 0.351 e. The third-order valence-electron chi connectivity index (χ3n) is 3.13. The van der Waals surface area contributed by atoms with Crippen molar-refractivity contribution in [2.24, 2.45) is 4.99 Å². The van der Waals surface area contributed by atoms with Crippen LogP contribution in [0.15, 0.2) is 38.5 Å². The van der Waals surface area contributed by atoms with Crippen molar-refractivity contribution in [2.45, 2.75) is 20.8 Å². The van der Waals surface area contributed by atoms with Gasteiger partial charge < -0.3 is 14.6 Å². The molecule has 1 aromatic carbocycles. The van der Waals surface area contributed by atoms with E-state index in [1.165, 1.54) is 6.92 Å². The van der Waals surface area contributed by atoms with Gasteiger partial charge in [0.15, 0.2) is 5.78 Å². The molecule has 0 fully saturated rings. The lowest BCUT2D eigenvalue weighted by Crippen LogP contribution is -2.15. The molecular weight excluding hydrogens is 286 g/mol. The predicted octanol–water partition coefficient (Wildman–Crippen LogP) is 2.70. The minimum atomic E-state index is -0.964. The van der Waals surface area contributed by atoms with Crippen LogP contribution in [0.3, 0.4) is 0 Å². The summed E-state index contributed by atoms with van der Waals surface area (Å²) in [6, 6.07) is 7.21. The van der Waals surface area contributed by atoms with Gasteiger partial charge >= 0.3 is 5.63 Å². The van der Waals surface area contributed by atoms with E-state index in [4.69, 9.17) is 0 Å². The molecule has 0 unspecified atom stereocenters. The molecule has 0 aliphatic rings. The topological polar surface area (TPSA) is 100 Å². The SMILES string of the molecule is CC(=O)c1c(O)oc(=O)c(C(C)=Nc2ccc(C)cc2)c1O. The Morgan fingerprint density at radius 3 is 2.23 bits per heavy atom. The van der Waals surface area contributed by atoms with Crippen LogP contribution in [0, 0.1) is 6.92 Å². The predicted molar refractivity (Wildman–Crippen MR) is 81.4 cm³/mol. The van der Waals surface area contributed by atoms with Gasteiger partial charge in [0.1, 0.15) is 16.9 Å². The number of benzene rings is 1. The number of hydrogen-bond acceptors (Lipinski definition) is 6. The van der Waals surface area contributed by atoms with E-state index in [0.29, 0.717) is 5.69 Å². The van der Waals surface area contributed by atoms with Crippen LogP contribution in [-0.4, -0.2) is 21.7 Å². The number of hydrogen-bond donors (Lipinski definition) is 2. The average Bonchev–Trinajstić information content (AvgIpc) is 2.40. The summed E-state index contributed by atoms with van der Waals surface area (Å²) in [6.45, 7) is 4.58. The molecular formula is C16H15NO5. The highest BCUT2D eigenvalue weighted by molar-refractivity contribution is 6.07. The van der Waals surface area contributed by atoms with Gasteiger partial charge in [-0.15, -0.1) is 0 Å². The monoisotopic (exact) mass is 301 g/mol. The van der Waals surface area contributed by atoms with E-state index in [-0.39, 0.29) is 11.3 Å². The van der Waals surface area contributed by atoms with E-state index in [2.05, 4.69) is 9.41 Å². The van der Waals surface area contributed by atoms with Gasteiger partial charge in [0.2, 0.25) is 0 Å². The van der Waals surface area contributed by atoms with Crippen molar-refractivity contribution in [3.05, 3.63) is 51.4 Å². The molecule has 0 amide bonds. The van der Waals surface area contributed by atoms with Crippen LogP contribution in [0.2, 0.25) is 0 Å². The fourth-order valence-electron chi connectivity index (χ4n) is 2.02. The molecule has 0 aliphatic carbocycles. The second-order valence-electron chi connectivity index (χ2n) is 4.88. The van der Waals surface area contributed by atoms with Gasteiger partial charge in [-0.25, -0.2) is 4.79 Å². The molecule has 0 saturated heterocycles. The normalized spacial score (nSPS) is 11.5. The van der Waals surface area contributed by atoms with Gasteiger partial charge in [-0.05, 0) is 32.9 Å². The van der Waals surface area contributed by atoms with Crippen molar-refractivity contribution < 1.29 is 19.4 Å². The Hall–Kier alpha value is -2.89. The highest BCUT2D eigenvalue weighted by Crippen LogP contribution is 2.29. The van der Waals surface area contributed by atoms with Crippen LogP contribution >= 0.6 is 0 Å². The van der Waals surface area contributed by atoms with E-state index in [9.17, 15) is 19.8 Å². The molecule has 0 bridgehead atoms. The number of aromatic hydroxyl groups is 2. The summed E-state index contributed by atoms with van der Waals surface area (Å²) >= 11 is 0. The minimum absolute atomic E-state index is 0.178. The van der Waals surface area contributed by atoms with Crippen LogP contribution in [0.4, 0.5) is 5.69 Å². The van der Waals surface area contributed by atoms with E-state index < -0.39 is 28.7 Å². The number of rotatable bonds is 3. The maximum atomic E-state index is 11.8.